The predicted octanol–water partition coefficient (Wildman–Crippen LogP) is 3.14. The molecule has 1 aliphatic rings. The van der Waals surface area contributed by atoms with Crippen LogP contribution in [0, 0.1) is 0 Å². The van der Waals surface area contributed by atoms with Gasteiger partial charge in [0.05, 0.1) is 12.3 Å². The molecule has 1 heterocycles. The van der Waals surface area contributed by atoms with Crippen LogP contribution in [0.3, 0.4) is 0 Å². The first-order valence-electron chi connectivity index (χ1n) is 3.06. The van der Waals surface area contributed by atoms with Gasteiger partial charge in [0.1, 0.15) is 0 Å². The highest BCUT2D eigenvalue weighted by molar-refractivity contribution is 8.24. The molecule has 0 atom stereocenters. The molecule has 0 radical (unpaired) electrons. The first-order chi connectivity index (χ1) is 4.11. The molecule has 3 heteroatoms. The van der Waals surface area contributed by atoms with Crippen molar-refractivity contribution in [3.8, 4) is 0 Å². The maximum atomic E-state index is 2.42. The van der Waals surface area contributed by atoms with Crippen molar-refractivity contribution in [3.05, 3.63) is 10.8 Å². The van der Waals surface area contributed by atoms with Crippen molar-refractivity contribution in [1.82, 2.24) is 0 Å². The minimum absolute atomic E-state index is 0.861. The molecule has 0 saturated carbocycles. The first kappa shape index (κ1) is 7.76. The Labute approximate surface area is 66.5 Å². The lowest BCUT2D eigenvalue weighted by molar-refractivity contribution is 1.62. The number of rotatable bonds is 1. The van der Waals surface area contributed by atoms with Gasteiger partial charge in [0, 0.05) is 0 Å². The average molecular weight is 176 g/mol. The lowest BCUT2D eigenvalue weighted by Crippen LogP contribution is -2.31. The van der Waals surface area contributed by atoms with Crippen molar-refractivity contribution in [2.75, 3.05) is 0 Å². The van der Waals surface area contributed by atoms with Crippen molar-refractivity contribution < 1.29 is 0 Å². The van der Waals surface area contributed by atoms with E-state index in [9.17, 15) is 0 Å². The Morgan fingerprint density at radius 2 is 1.56 bits per heavy atom. The fourth-order valence-corrected chi connectivity index (χ4v) is 5.82. The Hall–Kier alpha value is 0.657. The van der Waals surface area contributed by atoms with Crippen LogP contribution in [0.5, 0.6) is 0 Å². The zero-order valence-electron chi connectivity index (χ0n) is 6.05. The summed E-state index contributed by atoms with van der Waals surface area (Å²) in [5, 5.41) is 4.43. The third-order valence-electron chi connectivity index (χ3n) is 1.17. The zero-order chi connectivity index (χ0) is 6.91. The summed E-state index contributed by atoms with van der Waals surface area (Å²) in [6, 6.07) is 0. The van der Waals surface area contributed by atoms with Crippen LogP contribution in [-0.4, -0.2) is 12.3 Å². The van der Waals surface area contributed by atoms with Gasteiger partial charge < -0.3 is 0 Å². The molecule has 0 nitrogen and oxygen atoms in total. The fourth-order valence-electron chi connectivity index (χ4n) is 0.647. The lowest BCUT2D eigenvalue weighted by Gasteiger charge is -2.21. The Kier molecular flexibility index (Phi) is 2.35. The molecule has 0 fully saturated rings. The van der Waals surface area contributed by atoms with Crippen LogP contribution in [0.4, 0.5) is 0 Å². The third kappa shape index (κ3) is 2.06. The second-order valence-electron chi connectivity index (χ2n) is 3.24. The van der Waals surface area contributed by atoms with E-state index >= 15 is 0 Å². The van der Waals surface area contributed by atoms with Gasteiger partial charge in [0.15, 0.2) is 0 Å². The molecule has 0 aliphatic carbocycles. The van der Waals surface area contributed by atoms with Crippen LogP contribution in [-0.2, 0) is 0 Å². The van der Waals surface area contributed by atoms with Crippen LogP contribution in [0.1, 0.15) is 0 Å². The Balaban J connectivity index is 2.46. The molecular formula is C6H12S2Si. The minimum Gasteiger partial charge on any atom is -0.122 e. The molecule has 0 unspecified atom stereocenters. The second kappa shape index (κ2) is 2.72. The van der Waals surface area contributed by atoms with Crippen molar-refractivity contribution in [2.24, 2.45) is 0 Å². The maximum Gasteiger partial charge on any atom is 0.0721 e. The molecule has 52 valence electrons. The molecule has 0 aromatic carbocycles. The number of hydrogen-bond acceptors (Lipinski definition) is 2. The van der Waals surface area contributed by atoms with E-state index in [4.69, 9.17) is 0 Å². The molecule has 1 aliphatic heterocycles. The van der Waals surface area contributed by atoms with Gasteiger partial charge in [0.2, 0.25) is 0 Å². The maximum absolute atomic E-state index is 2.42. The monoisotopic (exact) mass is 176 g/mol. The van der Waals surface area contributed by atoms with Crippen molar-refractivity contribution in [1.29, 1.82) is 0 Å². The topological polar surface area (TPSA) is 0 Å². The quantitative estimate of drug-likeness (QED) is 0.563. The van der Waals surface area contributed by atoms with Crippen LogP contribution in [0.2, 0.25) is 19.6 Å². The van der Waals surface area contributed by atoms with Crippen LogP contribution in [0.15, 0.2) is 10.8 Å². The minimum atomic E-state index is -0.861. The summed E-state index contributed by atoms with van der Waals surface area (Å²) >= 11 is 3.99. The van der Waals surface area contributed by atoms with E-state index in [1.54, 1.807) is 0 Å². The molecule has 0 N–H and O–H groups in total. The summed E-state index contributed by atoms with van der Waals surface area (Å²) in [7, 11) is -0.861. The van der Waals surface area contributed by atoms with Gasteiger partial charge in [-0.25, -0.2) is 0 Å². The van der Waals surface area contributed by atoms with E-state index in [1.165, 1.54) is 0 Å². The molecule has 0 amide bonds. The van der Waals surface area contributed by atoms with Crippen LogP contribution >= 0.6 is 23.5 Å². The standard InChI is InChI=1S/C6H12S2Si/c1-9(2,3)6-7-4-5-8-6/h4-6H,1-3H3. The van der Waals surface area contributed by atoms with Gasteiger partial charge in [-0.3, -0.25) is 0 Å². The lowest BCUT2D eigenvalue weighted by atomic mass is 11.3. The highest BCUT2D eigenvalue weighted by Gasteiger charge is 2.28. The zero-order valence-corrected chi connectivity index (χ0v) is 8.68. The number of hydrogen-bond donors (Lipinski definition) is 0. The third-order valence-corrected chi connectivity index (χ3v) is 9.56. The molecule has 0 saturated heterocycles. The summed E-state index contributed by atoms with van der Waals surface area (Å²) in [6.07, 6.45) is 0. The van der Waals surface area contributed by atoms with E-state index in [0.717, 1.165) is 4.21 Å². The highest BCUT2D eigenvalue weighted by Crippen LogP contribution is 2.39. The van der Waals surface area contributed by atoms with Gasteiger partial charge >= 0.3 is 0 Å². The van der Waals surface area contributed by atoms with E-state index in [1.807, 2.05) is 23.5 Å². The van der Waals surface area contributed by atoms with Gasteiger partial charge in [-0.1, -0.05) is 19.6 Å². The fraction of sp³-hybridized carbons (Fsp3) is 0.667. The van der Waals surface area contributed by atoms with Gasteiger partial charge in [0.25, 0.3) is 0 Å². The van der Waals surface area contributed by atoms with Gasteiger partial charge in [-0.15, -0.1) is 23.5 Å². The van der Waals surface area contributed by atoms with Crippen molar-refractivity contribution in [3.63, 3.8) is 0 Å². The highest BCUT2D eigenvalue weighted by atomic mass is 32.2. The van der Waals surface area contributed by atoms with E-state index in [0.29, 0.717) is 0 Å². The van der Waals surface area contributed by atoms with Gasteiger partial charge in [-0.2, -0.15) is 0 Å². The summed E-state index contributed by atoms with van der Waals surface area (Å²) in [5.41, 5.74) is 0. The summed E-state index contributed by atoms with van der Waals surface area (Å²) in [6.45, 7) is 7.26. The molecule has 9 heavy (non-hydrogen) atoms. The SMILES string of the molecule is C[Si](C)(C)C1SC=CS1. The van der Waals surface area contributed by atoms with Crippen molar-refractivity contribution >= 4 is 31.6 Å². The van der Waals surface area contributed by atoms with E-state index in [2.05, 4.69) is 30.5 Å². The molecule has 0 bridgehead atoms. The van der Waals surface area contributed by atoms with Crippen LogP contribution < -0.4 is 0 Å². The first-order valence-corrected chi connectivity index (χ1v) is 8.53. The summed E-state index contributed by atoms with van der Waals surface area (Å²) < 4.78 is 0.873. The molecular weight excluding hydrogens is 164 g/mol. The van der Waals surface area contributed by atoms with Crippen LogP contribution in [0.25, 0.3) is 0 Å². The van der Waals surface area contributed by atoms with Gasteiger partial charge in [-0.05, 0) is 10.8 Å². The Morgan fingerprint density at radius 3 is 1.78 bits per heavy atom. The summed E-state index contributed by atoms with van der Waals surface area (Å²) in [5.74, 6) is 0. The smallest absolute Gasteiger partial charge is 0.0721 e. The Morgan fingerprint density at radius 1 is 1.11 bits per heavy atom. The molecule has 0 aromatic rings. The van der Waals surface area contributed by atoms with E-state index < -0.39 is 8.07 Å². The largest absolute Gasteiger partial charge is 0.122 e. The van der Waals surface area contributed by atoms with Crippen molar-refractivity contribution in [2.45, 2.75) is 23.8 Å². The Bertz CT molecular complexity index is 118. The van der Waals surface area contributed by atoms with E-state index in [-0.39, 0.29) is 0 Å². The summed E-state index contributed by atoms with van der Waals surface area (Å²) in [4.78, 5) is 0. The predicted molar refractivity (Wildman–Crippen MR) is 51.5 cm³/mol. The normalized spacial score (nSPS) is 21.2. The average Bonchev–Trinajstić information content (AvgIpc) is 2.08. The molecule has 1 rings (SSSR count). The molecule has 0 aromatic heterocycles. The number of thioether (sulfide) groups is 2. The second-order valence-corrected chi connectivity index (χ2v) is 11.7. The molecule has 0 spiro atoms.